The molecule has 0 radical (unpaired) electrons. The van der Waals surface area contributed by atoms with Gasteiger partial charge in [0.25, 0.3) is 5.91 Å². The lowest BCUT2D eigenvalue weighted by Crippen LogP contribution is -2.20. The Morgan fingerprint density at radius 3 is 2.00 bits per heavy atom. The third-order valence-corrected chi connectivity index (χ3v) is 4.82. The largest absolute Gasteiger partial charge is 0.497 e. The van der Waals surface area contributed by atoms with Gasteiger partial charge in [0, 0.05) is 11.1 Å². The van der Waals surface area contributed by atoms with E-state index < -0.39 is 0 Å². The predicted molar refractivity (Wildman–Crippen MR) is 112 cm³/mol. The van der Waals surface area contributed by atoms with Crippen molar-refractivity contribution in [3.8, 4) is 11.5 Å². The first-order valence-electron chi connectivity index (χ1n) is 9.22. The summed E-state index contributed by atoms with van der Waals surface area (Å²) in [6.07, 6.45) is 0. The molecule has 1 amide bonds. The van der Waals surface area contributed by atoms with Crippen LogP contribution in [-0.4, -0.2) is 19.6 Å². The zero-order chi connectivity index (χ0) is 20.0. The highest BCUT2D eigenvalue weighted by Gasteiger charge is 2.22. The van der Waals surface area contributed by atoms with E-state index in [1.807, 2.05) is 30.3 Å². The summed E-state index contributed by atoms with van der Waals surface area (Å²) in [6, 6.07) is 25.5. The van der Waals surface area contributed by atoms with E-state index in [0.29, 0.717) is 11.4 Å². The molecule has 144 valence electrons. The average molecular weight is 375 g/mol. The Bertz CT molecular complexity index is 901. The molecule has 0 fully saturated rings. The molecule has 0 saturated carbocycles. The van der Waals surface area contributed by atoms with E-state index in [-0.39, 0.29) is 17.9 Å². The van der Waals surface area contributed by atoms with Gasteiger partial charge in [-0.25, -0.2) is 0 Å². The van der Waals surface area contributed by atoms with E-state index in [0.717, 1.165) is 5.75 Å². The topological polar surface area (TPSA) is 47.6 Å². The molecule has 0 atom stereocenters. The van der Waals surface area contributed by atoms with Crippen LogP contribution < -0.4 is 14.8 Å². The third-order valence-electron chi connectivity index (χ3n) is 4.82. The van der Waals surface area contributed by atoms with E-state index >= 15 is 0 Å². The van der Waals surface area contributed by atoms with Crippen LogP contribution in [0, 0.1) is 0 Å². The molecule has 4 heteroatoms. The smallest absolute Gasteiger partial charge is 0.262 e. The van der Waals surface area contributed by atoms with E-state index in [4.69, 9.17) is 9.47 Å². The van der Waals surface area contributed by atoms with E-state index in [1.54, 1.807) is 31.4 Å². The lowest BCUT2D eigenvalue weighted by Gasteiger charge is -2.26. The van der Waals surface area contributed by atoms with Crippen molar-refractivity contribution in [1.29, 1.82) is 0 Å². The van der Waals surface area contributed by atoms with E-state index in [9.17, 15) is 4.79 Å². The van der Waals surface area contributed by atoms with Gasteiger partial charge in [0.2, 0.25) is 0 Å². The van der Waals surface area contributed by atoms with Crippen LogP contribution in [0.15, 0.2) is 78.9 Å². The molecule has 0 unspecified atom stereocenters. The summed E-state index contributed by atoms with van der Waals surface area (Å²) in [6.45, 7) is 4.34. The normalized spacial score (nSPS) is 11.0. The number of carbonyl (C=O) groups is 1. The maximum absolute atomic E-state index is 12.1. The summed E-state index contributed by atoms with van der Waals surface area (Å²) in [5.74, 6) is 1.20. The fourth-order valence-corrected chi connectivity index (χ4v) is 3.01. The van der Waals surface area contributed by atoms with Crippen molar-refractivity contribution in [2.45, 2.75) is 19.3 Å². The molecule has 3 aromatic rings. The summed E-state index contributed by atoms with van der Waals surface area (Å²) in [4.78, 5) is 12.1. The van der Waals surface area contributed by atoms with Crippen molar-refractivity contribution in [3.05, 3.63) is 90.0 Å². The fourth-order valence-electron chi connectivity index (χ4n) is 3.01. The Kier molecular flexibility index (Phi) is 5.99. The molecule has 0 bridgehead atoms. The number of rotatable bonds is 7. The van der Waals surface area contributed by atoms with Crippen LogP contribution >= 0.6 is 0 Å². The third kappa shape index (κ3) is 4.71. The standard InChI is InChI=1S/C24H25NO3/c1-24(2,18-7-5-4-6-8-18)19-9-13-22(14-10-19)28-17-23(26)25-20-11-15-21(27-3)16-12-20/h4-16H,17H2,1-3H3,(H,25,26). The Morgan fingerprint density at radius 2 is 1.39 bits per heavy atom. The van der Waals surface area contributed by atoms with Crippen molar-refractivity contribution >= 4 is 11.6 Å². The molecular formula is C24H25NO3. The van der Waals surface area contributed by atoms with Gasteiger partial charge in [0.1, 0.15) is 11.5 Å². The Labute approximate surface area is 166 Å². The Hall–Kier alpha value is -3.27. The molecule has 0 aliphatic heterocycles. The van der Waals surface area contributed by atoms with Gasteiger partial charge in [-0.05, 0) is 47.5 Å². The first-order valence-corrected chi connectivity index (χ1v) is 9.22. The molecular weight excluding hydrogens is 350 g/mol. The number of hydrogen-bond acceptors (Lipinski definition) is 3. The number of methoxy groups -OCH3 is 1. The maximum Gasteiger partial charge on any atom is 0.262 e. The zero-order valence-electron chi connectivity index (χ0n) is 16.4. The van der Waals surface area contributed by atoms with Crippen LogP contribution in [0.3, 0.4) is 0 Å². The molecule has 28 heavy (non-hydrogen) atoms. The fraction of sp³-hybridized carbons (Fsp3) is 0.208. The van der Waals surface area contributed by atoms with Crippen LogP contribution in [-0.2, 0) is 10.2 Å². The summed E-state index contributed by atoms with van der Waals surface area (Å²) < 4.78 is 10.7. The lowest BCUT2D eigenvalue weighted by atomic mass is 9.78. The SMILES string of the molecule is COc1ccc(NC(=O)COc2ccc(C(C)(C)c3ccccc3)cc2)cc1. The molecule has 0 saturated heterocycles. The number of anilines is 1. The minimum atomic E-state index is -0.209. The number of amides is 1. The number of carbonyl (C=O) groups excluding carboxylic acids is 1. The first kappa shape index (κ1) is 19.5. The van der Waals surface area contributed by atoms with Crippen LogP contribution in [0.1, 0.15) is 25.0 Å². The van der Waals surface area contributed by atoms with Crippen molar-refractivity contribution < 1.29 is 14.3 Å². The highest BCUT2D eigenvalue weighted by Crippen LogP contribution is 2.32. The van der Waals surface area contributed by atoms with Gasteiger partial charge in [-0.3, -0.25) is 4.79 Å². The van der Waals surface area contributed by atoms with Crippen molar-refractivity contribution in [1.82, 2.24) is 0 Å². The van der Waals surface area contributed by atoms with Crippen LogP contribution in [0.25, 0.3) is 0 Å². The number of nitrogens with one attached hydrogen (secondary N) is 1. The first-order chi connectivity index (χ1) is 13.5. The number of benzene rings is 3. The molecule has 0 aliphatic carbocycles. The van der Waals surface area contributed by atoms with Crippen LogP contribution in [0.2, 0.25) is 0 Å². The lowest BCUT2D eigenvalue weighted by molar-refractivity contribution is -0.118. The second kappa shape index (κ2) is 8.61. The second-order valence-electron chi connectivity index (χ2n) is 7.08. The van der Waals surface area contributed by atoms with E-state index in [1.165, 1.54) is 11.1 Å². The van der Waals surface area contributed by atoms with Gasteiger partial charge in [-0.15, -0.1) is 0 Å². The molecule has 0 aromatic heterocycles. The van der Waals surface area contributed by atoms with Gasteiger partial charge < -0.3 is 14.8 Å². The predicted octanol–water partition coefficient (Wildman–Crippen LogP) is 5.04. The highest BCUT2D eigenvalue weighted by molar-refractivity contribution is 5.91. The second-order valence-corrected chi connectivity index (χ2v) is 7.08. The van der Waals surface area contributed by atoms with Crippen LogP contribution in [0.4, 0.5) is 5.69 Å². The Morgan fingerprint density at radius 1 is 0.821 bits per heavy atom. The van der Waals surface area contributed by atoms with Crippen molar-refractivity contribution in [3.63, 3.8) is 0 Å². The molecule has 0 spiro atoms. The number of ether oxygens (including phenoxy) is 2. The van der Waals surface area contributed by atoms with Gasteiger partial charge in [-0.1, -0.05) is 56.3 Å². The summed E-state index contributed by atoms with van der Waals surface area (Å²) in [5, 5.41) is 2.80. The van der Waals surface area contributed by atoms with Crippen molar-refractivity contribution in [2.24, 2.45) is 0 Å². The zero-order valence-corrected chi connectivity index (χ0v) is 16.4. The molecule has 1 N–H and O–H groups in total. The minimum Gasteiger partial charge on any atom is -0.497 e. The number of hydrogen-bond donors (Lipinski definition) is 1. The van der Waals surface area contributed by atoms with Crippen LogP contribution in [0.5, 0.6) is 11.5 Å². The van der Waals surface area contributed by atoms with Crippen molar-refractivity contribution in [2.75, 3.05) is 19.0 Å². The summed E-state index contributed by atoms with van der Waals surface area (Å²) >= 11 is 0. The van der Waals surface area contributed by atoms with Gasteiger partial charge in [0.05, 0.1) is 7.11 Å². The van der Waals surface area contributed by atoms with Gasteiger partial charge in [-0.2, -0.15) is 0 Å². The van der Waals surface area contributed by atoms with Gasteiger partial charge >= 0.3 is 0 Å². The molecule has 0 heterocycles. The monoisotopic (exact) mass is 375 g/mol. The van der Waals surface area contributed by atoms with E-state index in [2.05, 4.69) is 43.4 Å². The summed E-state index contributed by atoms with van der Waals surface area (Å²) in [7, 11) is 1.60. The Balaban J connectivity index is 1.57. The molecule has 4 nitrogen and oxygen atoms in total. The molecule has 3 aromatic carbocycles. The molecule has 3 rings (SSSR count). The minimum absolute atomic E-state index is 0.0482. The highest BCUT2D eigenvalue weighted by atomic mass is 16.5. The maximum atomic E-state index is 12.1. The quantitative estimate of drug-likeness (QED) is 0.629. The average Bonchev–Trinajstić information content (AvgIpc) is 2.74. The molecule has 0 aliphatic rings. The van der Waals surface area contributed by atoms with Gasteiger partial charge in [0.15, 0.2) is 6.61 Å². The summed E-state index contributed by atoms with van der Waals surface area (Å²) in [5.41, 5.74) is 3.04.